The maximum atomic E-state index is 12.7. The Labute approximate surface area is 159 Å². The Balaban J connectivity index is 1.83. The van der Waals surface area contributed by atoms with Gasteiger partial charge >= 0.3 is 0 Å². The zero-order valence-electron chi connectivity index (χ0n) is 15.7. The van der Waals surface area contributed by atoms with Crippen LogP contribution in [-0.4, -0.2) is 10.9 Å². The van der Waals surface area contributed by atoms with Crippen LogP contribution < -0.4 is 5.32 Å². The molecule has 1 N–H and O–H groups in total. The first-order chi connectivity index (χ1) is 12.5. The fourth-order valence-corrected chi connectivity index (χ4v) is 3.72. The summed E-state index contributed by atoms with van der Waals surface area (Å²) in [7, 11) is 0. The van der Waals surface area contributed by atoms with Gasteiger partial charge in [0.1, 0.15) is 10.7 Å². The molecule has 26 heavy (non-hydrogen) atoms. The Hall–Kier alpha value is -2.46. The molecule has 1 amide bonds. The van der Waals surface area contributed by atoms with Gasteiger partial charge in [-0.25, -0.2) is 4.98 Å². The third-order valence-corrected chi connectivity index (χ3v) is 5.40. The summed E-state index contributed by atoms with van der Waals surface area (Å²) >= 11 is 1.50. The number of carbonyl (C=O) groups is 1. The molecule has 0 aliphatic carbocycles. The van der Waals surface area contributed by atoms with E-state index in [-0.39, 0.29) is 5.91 Å². The molecular weight excluding hydrogens is 340 g/mol. The topological polar surface area (TPSA) is 42.0 Å². The molecule has 0 fully saturated rings. The van der Waals surface area contributed by atoms with Crippen molar-refractivity contribution in [2.45, 2.75) is 40.0 Å². The third-order valence-electron chi connectivity index (χ3n) is 4.51. The average molecular weight is 365 g/mol. The molecule has 0 spiro atoms. The SMILES string of the molecule is CCc1ccc(-c2nc(C(=O)Nc3c(C)cccc3C(C)C)cs2)cc1. The van der Waals surface area contributed by atoms with Crippen LogP contribution in [-0.2, 0) is 6.42 Å². The van der Waals surface area contributed by atoms with Crippen molar-refractivity contribution < 1.29 is 4.79 Å². The molecule has 0 bridgehead atoms. The number of benzene rings is 2. The summed E-state index contributed by atoms with van der Waals surface area (Å²) in [6.45, 7) is 8.41. The molecule has 134 valence electrons. The van der Waals surface area contributed by atoms with E-state index in [2.05, 4.69) is 61.4 Å². The van der Waals surface area contributed by atoms with Gasteiger partial charge in [-0.05, 0) is 36.0 Å². The normalized spacial score (nSPS) is 11.0. The smallest absolute Gasteiger partial charge is 0.275 e. The van der Waals surface area contributed by atoms with Gasteiger partial charge in [-0.2, -0.15) is 0 Å². The quantitative estimate of drug-likeness (QED) is 0.598. The lowest BCUT2D eigenvalue weighted by atomic mass is 9.98. The zero-order chi connectivity index (χ0) is 18.7. The minimum absolute atomic E-state index is 0.158. The molecule has 3 rings (SSSR count). The van der Waals surface area contributed by atoms with Gasteiger partial charge in [0.2, 0.25) is 0 Å². The van der Waals surface area contributed by atoms with E-state index in [1.54, 1.807) is 0 Å². The van der Waals surface area contributed by atoms with Crippen molar-refractivity contribution in [1.29, 1.82) is 0 Å². The Bertz CT molecular complexity index is 910. The minimum Gasteiger partial charge on any atom is -0.320 e. The van der Waals surface area contributed by atoms with Crippen LogP contribution in [0.15, 0.2) is 47.8 Å². The number of nitrogens with one attached hydrogen (secondary N) is 1. The van der Waals surface area contributed by atoms with Gasteiger partial charge < -0.3 is 5.32 Å². The Morgan fingerprint density at radius 2 is 1.88 bits per heavy atom. The molecule has 4 heteroatoms. The lowest BCUT2D eigenvalue weighted by molar-refractivity contribution is 0.102. The van der Waals surface area contributed by atoms with Gasteiger partial charge in [0.05, 0.1) is 0 Å². The second-order valence-corrected chi connectivity index (χ2v) is 7.59. The van der Waals surface area contributed by atoms with Crippen LogP contribution in [0.2, 0.25) is 0 Å². The van der Waals surface area contributed by atoms with Crippen LogP contribution in [0.3, 0.4) is 0 Å². The van der Waals surface area contributed by atoms with E-state index < -0.39 is 0 Å². The van der Waals surface area contributed by atoms with E-state index in [1.807, 2.05) is 24.4 Å². The number of aromatic nitrogens is 1. The maximum absolute atomic E-state index is 12.7. The maximum Gasteiger partial charge on any atom is 0.275 e. The van der Waals surface area contributed by atoms with Crippen LogP contribution in [0, 0.1) is 6.92 Å². The van der Waals surface area contributed by atoms with E-state index in [0.717, 1.165) is 33.8 Å². The van der Waals surface area contributed by atoms with Crippen molar-refractivity contribution in [3.05, 3.63) is 70.2 Å². The first-order valence-electron chi connectivity index (χ1n) is 8.95. The predicted octanol–water partition coefficient (Wildman–Crippen LogP) is 6.06. The lowest BCUT2D eigenvalue weighted by Crippen LogP contribution is -2.15. The number of hydrogen-bond acceptors (Lipinski definition) is 3. The van der Waals surface area contributed by atoms with Gasteiger partial charge in [0, 0.05) is 16.6 Å². The number of para-hydroxylation sites is 1. The molecule has 3 nitrogen and oxygen atoms in total. The van der Waals surface area contributed by atoms with Gasteiger partial charge in [-0.15, -0.1) is 11.3 Å². The number of nitrogens with zero attached hydrogens (tertiary/aromatic N) is 1. The summed E-state index contributed by atoms with van der Waals surface area (Å²) in [5.74, 6) is 0.183. The predicted molar refractivity (Wildman–Crippen MR) is 110 cm³/mol. The Morgan fingerprint density at radius 1 is 1.15 bits per heavy atom. The summed E-state index contributed by atoms with van der Waals surface area (Å²) in [4.78, 5) is 17.3. The first kappa shape index (κ1) is 18.3. The van der Waals surface area contributed by atoms with E-state index in [4.69, 9.17) is 0 Å². The second-order valence-electron chi connectivity index (χ2n) is 6.74. The zero-order valence-corrected chi connectivity index (χ0v) is 16.5. The standard InChI is InChI=1S/C22H24N2OS/c1-5-16-9-11-17(12-10-16)22-23-19(13-26-22)21(25)24-20-15(4)7-6-8-18(20)14(2)3/h6-14H,5H2,1-4H3,(H,24,25). The molecule has 0 aliphatic heterocycles. The fraction of sp³-hybridized carbons (Fsp3) is 0.273. The molecule has 1 heterocycles. The summed E-state index contributed by atoms with van der Waals surface area (Å²) < 4.78 is 0. The molecule has 0 saturated heterocycles. The molecule has 0 aliphatic rings. The first-order valence-corrected chi connectivity index (χ1v) is 9.83. The largest absolute Gasteiger partial charge is 0.320 e. The Morgan fingerprint density at radius 3 is 2.54 bits per heavy atom. The molecule has 2 aromatic carbocycles. The number of hydrogen-bond donors (Lipinski definition) is 1. The van der Waals surface area contributed by atoms with Crippen molar-refractivity contribution in [2.75, 3.05) is 5.32 Å². The van der Waals surface area contributed by atoms with Gasteiger partial charge in [-0.1, -0.05) is 63.2 Å². The third kappa shape index (κ3) is 3.86. The molecular formula is C22H24N2OS. The molecule has 0 atom stereocenters. The van der Waals surface area contributed by atoms with Crippen molar-refractivity contribution in [3.63, 3.8) is 0 Å². The highest BCUT2D eigenvalue weighted by Gasteiger charge is 2.16. The highest BCUT2D eigenvalue weighted by Crippen LogP contribution is 2.29. The lowest BCUT2D eigenvalue weighted by Gasteiger charge is -2.15. The number of amides is 1. The van der Waals surface area contributed by atoms with Crippen LogP contribution in [0.25, 0.3) is 10.6 Å². The molecule has 0 radical (unpaired) electrons. The molecule has 0 saturated carbocycles. The van der Waals surface area contributed by atoms with E-state index in [0.29, 0.717) is 11.6 Å². The van der Waals surface area contributed by atoms with Gasteiger partial charge in [-0.3, -0.25) is 4.79 Å². The van der Waals surface area contributed by atoms with E-state index in [9.17, 15) is 4.79 Å². The minimum atomic E-state index is -0.158. The number of aryl methyl sites for hydroxylation is 2. The summed E-state index contributed by atoms with van der Waals surface area (Å²) in [5.41, 5.74) is 5.91. The highest BCUT2D eigenvalue weighted by molar-refractivity contribution is 7.13. The van der Waals surface area contributed by atoms with Gasteiger partial charge in [0.15, 0.2) is 0 Å². The van der Waals surface area contributed by atoms with Crippen LogP contribution in [0.5, 0.6) is 0 Å². The van der Waals surface area contributed by atoms with Crippen LogP contribution >= 0.6 is 11.3 Å². The second kappa shape index (κ2) is 7.83. The number of thiazole rings is 1. The Kier molecular flexibility index (Phi) is 5.52. The van der Waals surface area contributed by atoms with Crippen molar-refractivity contribution in [2.24, 2.45) is 0 Å². The van der Waals surface area contributed by atoms with Crippen molar-refractivity contribution in [1.82, 2.24) is 4.98 Å². The number of rotatable bonds is 5. The highest BCUT2D eigenvalue weighted by atomic mass is 32.1. The van der Waals surface area contributed by atoms with E-state index >= 15 is 0 Å². The number of anilines is 1. The summed E-state index contributed by atoms with van der Waals surface area (Å²) in [6.07, 6.45) is 1.01. The average Bonchev–Trinajstić information content (AvgIpc) is 3.13. The molecule has 0 unspecified atom stereocenters. The number of carbonyl (C=O) groups excluding carboxylic acids is 1. The molecule has 1 aromatic heterocycles. The van der Waals surface area contributed by atoms with Crippen LogP contribution in [0.1, 0.15) is 53.9 Å². The summed E-state index contributed by atoms with van der Waals surface area (Å²) in [6, 6.07) is 14.5. The van der Waals surface area contributed by atoms with Crippen molar-refractivity contribution >= 4 is 22.9 Å². The summed E-state index contributed by atoms with van der Waals surface area (Å²) in [5, 5.41) is 5.76. The fourth-order valence-electron chi connectivity index (χ4n) is 2.91. The van der Waals surface area contributed by atoms with Crippen LogP contribution in [0.4, 0.5) is 5.69 Å². The molecule has 3 aromatic rings. The monoisotopic (exact) mass is 364 g/mol. The van der Waals surface area contributed by atoms with E-state index in [1.165, 1.54) is 16.9 Å². The van der Waals surface area contributed by atoms with Gasteiger partial charge in [0.25, 0.3) is 5.91 Å². The van der Waals surface area contributed by atoms with Crippen molar-refractivity contribution in [3.8, 4) is 10.6 Å².